The molecule has 9 heteroatoms. The van der Waals surface area contributed by atoms with Crippen LogP contribution in [0.2, 0.25) is 0 Å². The van der Waals surface area contributed by atoms with Gasteiger partial charge in [-0.1, -0.05) is 23.8 Å². The van der Waals surface area contributed by atoms with Gasteiger partial charge in [0.2, 0.25) is 0 Å². The van der Waals surface area contributed by atoms with Crippen molar-refractivity contribution in [3.8, 4) is 5.69 Å². The fourth-order valence-corrected chi connectivity index (χ4v) is 4.76. The molecule has 1 aromatic carbocycles. The maximum atomic E-state index is 12.5. The van der Waals surface area contributed by atoms with E-state index >= 15 is 0 Å². The highest BCUT2D eigenvalue weighted by Gasteiger charge is 2.29. The Labute approximate surface area is 202 Å². The first-order valence-electron chi connectivity index (χ1n) is 11.3. The summed E-state index contributed by atoms with van der Waals surface area (Å²) in [6.45, 7) is 6.36. The first-order chi connectivity index (χ1) is 16.3. The molecule has 0 radical (unpaired) electrons. The molecule has 0 saturated carbocycles. The van der Waals surface area contributed by atoms with E-state index in [0.29, 0.717) is 42.2 Å². The Kier molecular flexibility index (Phi) is 7.12. The molecule has 0 unspecified atom stereocenters. The van der Waals surface area contributed by atoms with Gasteiger partial charge in [-0.15, -0.1) is 11.3 Å². The van der Waals surface area contributed by atoms with Crippen LogP contribution in [0.15, 0.2) is 41.8 Å². The third-order valence-electron chi connectivity index (χ3n) is 6.03. The molecule has 1 saturated heterocycles. The molecule has 2 amide bonds. The minimum Gasteiger partial charge on any atom is -0.455 e. The summed E-state index contributed by atoms with van der Waals surface area (Å²) >= 11 is 1.41. The molecule has 178 valence electrons. The maximum absolute atomic E-state index is 12.5. The van der Waals surface area contributed by atoms with Gasteiger partial charge in [-0.2, -0.15) is 5.10 Å². The summed E-state index contributed by atoms with van der Waals surface area (Å²) in [5.74, 6) is -1.12. The Morgan fingerprint density at radius 2 is 1.79 bits per heavy atom. The Bertz CT molecular complexity index is 1180. The second-order valence-corrected chi connectivity index (χ2v) is 9.44. The van der Waals surface area contributed by atoms with Gasteiger partial charge in [-0.3, -0.25) is 14.4 Å². The molecule has 3 heterocycles. The average Bonchev–Trinajstić information content (AvgIpc) is 3.47. The number of likely N-dealkylation sites (tertiary alicyclic amines) is 1. The van der Waals surface area contributed by atoms with Gasteiger partial charge >= 0.3 is 5.97 Å². The second kappa shape index (κ2) is 10.2. The van der Waals surface area contributed by atoms with Gasteiger partial charge < -0.3 is 15.0 Å². The fourth-order valence-electron chi connectivity index (χ4n) is 4.07. The average molecular weight is 481 g/mol. The van der Waals surface area contributed by atoms with Crippen molar-refractivity contribution in [3.63, 3.8) is 0 Å². The first-order valence-corrected chi connectivity index (χ1v) is 12.1. The molecule has 1 fully saturated rings. The third kappa shape index (κ3) is 5.20. The number of anilines is 1. The lowest BCUT2D eigenvalue weighted by molar-refractivity contribution is -0.152. The van der Waals surface area contributed by atoms with Gasteiger partial charge in [0.1, 0.15) is 0 Å². The van der Waals surface area contributed by atoms with Crippen molar-refractivity contribution in [3.05, 3.63) is 63.6 Å². The quantitative estimate of drug-likeness (QED) is 0.540. The van der Waals surface area contributed by atoms with Crippen molar-refractivity contribution in [1.29, 1.82) is 0 Å². The number of ether oxygens (including phenoxy) is 1. The van der Waals surface area contributed by atoms with Gasteiger partial charge in [0.05, 0.1) is 33.6 Å². The van der Waals surface area contributed by atoms with E-state index in [0.717, 1.165) is 16.9 Å². The Morgan fingerprint density at radius 3 is 2.44 bits per heavy atom. The summed E-state index contributed by atoms with van der Waals surface area (Å²) in [6.07, 6.45) is 1.05. The number of hydrogen-bond acceptors (Lipinski definition) is 6. The number of nitrogens with one attached hydrogen (secondary N) is 1. The van der Waals surface area contributed by atoms with Crippen LogP contribution in [0.3, 0.4) is 0 Å². The van der Waals surface area contributed by atoms with Gasteiger partial charge in [0, 0.05) is 13.1 Å². The molecule has 3 aromatic rings. The van der Waals surface area contributed by atoms with E-state index in [2.05, 4.69) is 10.4 Å². The number of piperidine rings is 1. The highest BCUT2D eigenvalue weighted by molar-refractivity contribution is 7.12. The number of benzene rings is 1. The molecule has 1 N–H and O–H groups in total. The number of esters is 1. The summed E-state index contributed by atoms with van der Waals surface area (Å²) in [7, 11) is 0. The van der Waals surface area contributed by atoms with Crippen LogP contribution in [-0.2, 0) is 14.3 Å². The molecule has 1 aliphatic heterocycles. The lowest BCUT2D eigenvalue weighted by Gasteiger charge is -2.30. The monoisotopic (exact) mass is 480 g/mol. The number of aryl methyl sites for hydroxylation is 2. The Hall–Kier alpha value is -3.46. The number of amides is 2. The summed E-state index contributed by atoms with van der Waals surface area (Å²) < 4.78 is 7.07. The van der Waals surface area contributed by atoms with Crippen molar-refractivity contribution < 1.29 is 19.1 Å². The molecule has 8 nitrogen and oxygen atoms in total. The number of nitrogens with zero attached hydrogens (tertiary/aromatic N) is 3. The van der Waals surface area contributed by atoms with E-state index in [1.54, 1.807) is 15.6 Å². The van der Waals surface area contributed by atoms with Gasteiger partial charge in [0.25, 0.3) is 11.8 Å². The zero-order valence-corrected chi connectivity index (χ0v) is 20.4. The van der Waals surface area contributed by atoms with Crippen molar-refractivity contribution in [2.24, 2.45) is 5.92 Å². The van der Waals surface area contributed by atoms with Gasteiger partial charge in [-0.05, 0) is 57.2 Å². The maximum Gasteiger partial charge on any atom is 0.309 e. The van der Waals surface area contributed by atoms with Crippen molar-refractivity contribution in [2.75, 3.05) is 25.0 Å². The zero-order chi connectivity index (χ0) is 24.2. The van der Waals surface area contributed by atoms with E-state index in [1.807, 2.05) is 56.5 Å². The lowest BCUT2D eigenvalue weighted by Crippen LogP contribution is -2.40. The first kappa shape index (κ1) is 23.7. The van der Waals surface area contributed by atoms with E-state index in [1.165, 1.54) is 11.3 Å². The van der Waals surface area contributed by atoms with Crippen LogP contribution >= 0.6 is 11.3 Å². The molecule has 2 aromatic heterocycles. The summed E-state index contributed by atoms with van der Waals surface area (Å²) in [4.78, 5) is 39.9. The third-order valence-corrected chi connectivity index (χ3v) is 6.89. The number of aromatic nitrogens is 2. The van der Waals surface area contributed by atoms with Crippen LogP contribution in [0.25, 0.3) is 5.69 Å². The topological polar surface area (TPSA) is 93.5 Å². The van der Waals surface area contributed by atoms with Gasteiger partial charge in [0.15, 0.2) is 6.61 Å². The number of carbonyl (C=O) groups is 3. The number of thiophene rings is 1. The predicted molar refractivity (Wildman–Crippen MR) is 130 cm³/mol. The van der Waals surface area contributed by atoms with Crippen LogP contribution in [0, 0.1) is 26.7 Å². The molecule has 4 rings (SSSR count). The Balaban J connectivity index is 1.28. The van der Waals surface area contributed by atoms with E-state index < -0.39 is 11.9 Å². The second-order valence-electron chi connectivity index (χ2n) is 8.49. The SMILES string of the molecule is Cc1ccc(-n2nc(C)c(NC(=O)COC(=O)C3CCN(C(=O)c4cccs4)CC3)c2C)cc1. The number of hydrogen-bond donors (Lipinski definition) is 1. The molecule has 34 heavy (non-hydrogen) atoms. The molecular weight excluding hydrogens is 452 g/mol. The minimum atomic E-state index is -0.409. The molecule has 0 bridgehead atoms. The largest absolute Gasteiger partial charge is 0.455 e. The summed E-state index contributed by atoms with van der Waals surface area (Å²) in [5.41, 5.74) is 4.15. The number of rotatable bonds is 6. The summed E-state index contributed by atoms with van der Waals surface area (Å²) in [6, 6.07) is 11.6. The normalized spacial score (nSPS) is 14.1. The minimum absolute atomic E-state index is 0.00174. The van der Waals surface area contributed by atoms with Crippen LogP contribution in [0.1, 0.15) is 39.5 Å². The van der Waals surface area contributed by atoms with Crippen LogP contribution in [0.5, 0.6) is 0 Å². The predicted octanol–water partition coefficient (Wildman–Crippen LogP) is 3.89. The van der Waals surface area contributed by atoms with E-state index in [9.17, 15) is 14.4 Å². The molecule has 0 atom stereocenters. The van der Waals surface area contributed by atoms with Gasteiger partial charge in [-0.25, -0.2) is 4.68 Å². The van der Waals surface area contributed by atoms with E-state index in [4.69, 9.17) is 4.74 Å². The van der Waals surface area contributed by atoms with Crippen molar-refractivity contribution in [1.82, 2.24) is 14.7 Å². The van der Waals surface area contributed by atoms with Crippen molar-refractivity contribution in [2.45, 2.75) is 33.6 Å². The molecule has 0 spiro atoms. The molecule has 0 aliphatic carbocycles. The van der Waals surface area contributed by atoms with Crippen LogP contribution < -0.4 is 5.32 Å². The summed E-state index contributed by atoms with van der Waals surface area (Å²) in [5, 5.41) is 9.23. The zero-order valence-electron chi connectivity index (χ0n) is 19.5. The molecular formula is C25H28N4O4S. The molecule has 1 aliphatic rings. The standard InChI is InChI=1S/C25H28N4O4S/c1-16-6-8-20(9-7-16)29-18(3)23(17(2)27-29)26-22(30)15-33-25(32)19-10-12-28(13-11-19)24(31)21-5-4-14-34-21/h4-9,14,19H,10-13,15H2,1-3H3,(H,26,30). The van der Waals surface area contributed by atoms with E-state index in [-0.39, 0.29) is 18.4 Å². The fraction of sp³-hybridized carbons (Fsp3) is 0.360. The smallest absolute Gasteiger partial charge is 0.309 e. The lowest BCUT2D eigenvalue weighted by atomic mass is 9.97. The number of carbonyl (C=O) groups excluding carboxylic acids is 3. The Morgan fingerprint density at radius 1 is 1.09 bits per heavy atom. The highest BCUT2D eigenvalue weighted by Crippen LogP contribution is 2.24. The highest BCUT2D eigenvalue weighted by atomic mass is 32.1. The van der Waals surface area contributed by atoms with Crippen LogP contribution in [-0.4, -0.2) is 52.2 Å². The van der Waals surface area contributed by atoms with Crippen molar-refractivity contribution >= 4 is 34.8 Å². The van der Waals surface area contributed by atoms with Crippen LogP contribution in [0.4, 0.5) is 5.69 Å².